The van der Waals surface area contributed by atoms with Gasteiger partial charge in [-0.05, 0) is 67.3 Å². The first kappa shape index (κ1) is 17.7. The molecule has 0 saturated heterocycles. The van der Waals surface area contributed by atoms with Crippen LogP contribution in [0.1, 0.15) is 79.6 Å². The van der Waals surface area contributed by atoms with Gasteiger partial charge in [0, 0.05) is 13.0 Å². The first-order valence-corrected chi connectivity index (χ1v) is 9.06. The number of aliphatic hydroxyl groups is 1. The van der Waals surface area contributed by atoms with E-state index >= 15 is 0 Å². The van der Waals surface area contributed by atoms with E-state index in [1.165, 1.54) is 24.8 Å². The summed E-state index contributed by atoms with van der Waals surface area (Å²) in [6.45, 7) is 11.7. The minimum Gasteiger partial charge on any atom is -0.396 e. The molecule has 0 aromatic heterocycles. The summed E-state index contributed by atoms with van der Waals surface area (Å²) in [6, 6.07) is 0. The molecule has 0 radical (unpaired) electrons. The van der Waals surface area contributed by atoms with E-state index < -0.39 is 0 Å². The fourth-order valence-electron chi connectivity index (χ4n) is 5.15. The van der Waals surface area contributed by atoms with Crippen molar-refractivity contribution in [1.82, 2.24) is 0 Å². The second-order valence-electron chi connectivity index (χ2n) is 8.70. The lowest BCUT2D eigenvalue weighted by Gasteiger charge is -2.54. The summed E-state index contributed by atoms with van der Waals surface area (Å²) in [7, 11) is 0. The van der Waals surface area contributed by atoms with Crippen LogP contribution in [0, 0.1) is 22.7 Å². The standard InChI is InChI=1S/C20H34O2/c1-14(9-12-21)7-8-16-15(2)17(22)13-18-19(3,4)10-6-11-20(16,18)5/h14,18,21H,6-13H2,1-5H3/t14-,18+,20-/m1/s1. The Hall–Kier alpha value is -0.630. The molecule has 0 amide bonds. The summed E-state index contributed by atoms with van der Waals surface area (Å²) >= 11 is 0. The third-order valence-corrected chi connectivity index (χ3v) is 6.69. The molecule has 3 atom stereocenters. The maximum atomic E-state index is 12.6. The first-order valence-electron chi connectivity index (χ1n) is 9.06. The van der Waals surface area contributed by atoms with E-state index in [-0.39, 0.29) is 17.4 Å². The van der Waals surface area contributed by atoms with Crippen molar-refractivity contribution in [2.75, 3.05) is 6.61 Å². The van der Waals surface area contributed by atoms with Gasteiger partial charge in [0.2, 0.25) is 0 Å². The second kappa shape index (κ2) is 6.47. The minimum absolute atomic E-state index is 0.207. The van der Waals surface area contributed by atoms with Gasteiger partial charge in [-0.15, -0.1) is 0 Å². The molecule has 1 fully saturated rings. The van der Waals surface area contributed by atoms with Gasteiger partial charge in [-0.1, -0.05) is 39.7 Å². The van der Waals surface area contributed by atoms with Crippen LogP contribution < -0.4 is 0 Å². The molecule has 0 bridgehead atoms. The summed E-state index contributed by atoms with van der Waals surface area (Å²) in [4.78, 5) is 12.6. The van der Waals surface area contributed by atoms with Gasteiger partial charge >= 0.3 is 0 Å². The van der Waals surface area contributed by atoms with Crippen LogP contribution in [-0.4, -0.2) is 17.5 Å². The fraction of sp³-hybridized carbons (Fsp3) is 0.850. The average molecular weight is 306 g/mol. The Labute approximate surface area is 136 Å². The third kappa shape index (κ3) is 3.18. The van der Waals surface area contributed by atoms with E-state index in [1.54, 1.807) is 0 Å². The van der Waals surface area contributed by atoms with Gasteiger partial charge in [0.05, 0.1) is 0 Å². The predicted octanol–water partition coefficient (Wildman–Crippen LogP) is 4.91. The molecule has 126 valence electrons. The normalized spacial score (nSPS) is 32.8. The quantitative estimate of drug-likeness (QED) is 0.784. The molecule has 0 aromatic carbocycles. The highest BCUT2D eigenvalue weighted by Crippen LogP contribution is 2.59. The zero-order valence-corrected chi connectivity index (χ0v) is 15.2. The fourth-order valence-corrected chi connectivity index (χ4v) is 5.15. The Balaban J connectivity index is 2.28. The first-order chi connectivity index (χ1) is 10.2. The number of ketones is 1. The number of aliphatic hydroxyl groups excluding tert-OH is 1. The second-order valence-corrected chi connectivity index (χ2v) is 8.70. The SMILES string of the molecule is CC1=C(CC[C@@H](C)CCO)[C@@]2(C)CCCC(C)(C)[C@@H]2CC1=O. The highest BCUT2D eigenvalue weighted by Gasteiger charge is 2.51. The van der Waals surface area contributed by atoms with Gasteiger partial charge < -0.3 is 5.11 Å². The molecule has 2 rings (SSSR count). The topological polar surface area (TPSA) is 37.3 Å². The number of allylic oxidation sites excluding steroid dienone is 2. The minimum atomic E-state index is 0.207. The maximum absolute atomic E-state index is 12.6. The van der Waals surface area contributed by atoms with Crippen molar-refractivity contribution in [3.05, 3.63) is 11.1 Å². The van der Waals surface area contributed by atoms with Gasteiger partial charge in [0.15, 0.2) is 5.78 Å². The smallest absolute Gasteiger partial charge is 0.158 e. The van der Waals surface area contributed by atoms with Crippen molar-refractivity contribution >= 4 is 5.78 Å². The Bertz CT molecular complexity index is 460. The van der Waals surface area contributed by atoms with Crippen LogP contribution in [0.25, 0.3) is 0 Å². The highest BCUT2D eigenvalue weighted by molar-refractivity contribution is 5.97. The van der Waals surface area contributed by atoms with E-state index in [2.05, 4.69) is 34.6 Å². The summed E-state index contributed by atoms with van der Waals surface area (Å²) in [5.41, 5.74) is 2.96. The molecule has 1 N–H and O–H groups in total. The molecular weight excluding hydrogens is 272 g/mol. The number of carbonyl (C=O) groups is 1. The summed E-state index contributed by atoms with van der Waals surface area (Å²) in [5.74, 6) is 1.40. The zero-order chi connectivity index (χ0) is 16.5. The van der Waals surface area contributed by atoms with Crippen molar-refractivity contribution in [3.8, 4) is 0 Å². The highest BCUT2D eigenvalue weighted by atomic mass is 16.3. The van der Waals surface area contributed by atoms with E-state index in [9.17, 15) is 4.79 Å². The van der Waals surface area contributed by atoms with Gasteiger partial charge in [-0.2, -0.15) is 0 Å². The van der Waals surface area contributed by atoms with Crippen molar-refractivity contribution in [2.45, 2.75) is 79.6 Å². The van der Waals surface area contributed by atoms with Crippen molar-refractivity contribution in [3.63, 3.8) is 0 Å². The Kier molecular flexibility index (Phi) is 5.21. The van der Waals surface area contributed by atoms with Crippen LogP contribution in [0.3, 0.4) is 0 Å². The Morgan fingerprint density at radius 1 is 1.23 bits per heavy atom. The summed E-state index contributed by atoms with van der Waals surface area (Å²) < 4.78 is 0. The predicted molar refractivity (Wildman–Crippen MR) is 91.7 cm³/mol. The molecule has 0 heterocycles. The molecule has 0 unspecified atom stereocenters. The van der Waals surface area contributed by atoms with E-state index in [0.29, 0.717) is 17.6 Å². The number of carbonyl (C=O) groups excluding carboxylic acids is 1. The number of hydrogen-bond acceptors (Lipinski definition) is 2. The maximum Gasteiger partial charge on any atom is 0.158 e. The van der Waals surface area contributed by atoms with Crippen LogP contribution in [-0.2, 0) is 4.79 Å². The molecule has 0 spiro atoms. The number of fused-ring (bicyclic) bond motifs is 1. The molecule has 1 saturated carbocycles. The lowest BCUT2D eigenvalue weighted by molar-refractivity contribution is -0.122. The van der Waals surface area contributed by atoms with Gasteiger partial charge in [0.1, 0.15) is 0 Å². The molecular formula is C20H34O2. The summed E-state index contributed by atoms with van der Waals surface area (Å²) in [6.07, 6.45) is 7.47. The van der Waals surface area contributed by atoms with Gasteiger partial charge in [-0.25, -0.2) is 0 Å². The molecule has 0 aromatic rings. The number of rotatable bonds is 5. The largest absolute Gasteiger partial charge is 0.396 e. The van der Waals surface area contributed by atoms with Crippen LogP contribution in [0.15, 0.2) is 11.1 Å². The van der Waals surface area contributed by atoms with Gasteiger partial charge in [-0.3, -0.25) is 4.79 Å². The lowest BCUT2D eigenvalue weighted by Crippen LogP contribution is -2.47. The number of hydrogen-bond donors (Lipinski definition) is 1. The van der Waals surface area contributed by atoms with E-state index in [4.69, 9.17) is 5.11 Å². The zero-order valence-electron chi connectivity index (χ0n) is 15.2. The molecule has 2 aliphatic rings. The Morgan fingerprint density at radius 3 is 2.55 bits per heavy atom. The van der Waals surface area contributed by atoms with Crippen LogP contribution in [0.4, 0.5) is 0 Å². The molecule has 22 heavy (non-hydrogen) atoms. The van der Waals surface area contributed by atoms with Crippen molar-refractivity contribution in [1.29, 1.82) is 0 Å². The molecule has 2 heteroatoms. The van der Waals surface area contributed by atoms with E-state index in [0.717, 1.165) is 31.3 Å². The number of Topliss-reactive ketones (excluding diaryl/α,β-unsaturated/α-hetero) is 1. The summed E-state index contributed by atoms with van der Waals surface area (Å²) in [5, 5.41) is 9.11. The average Bonchev–Trinajstić information content (AvgIpc) is 2.41. The molecule has 0 aliphatic heterocycles. The monoisotopic (exact) mass is 306 g/mol. The molecule has 2 aliphatic carbocycles. The van der Waals surface area contributed by atoms with Crippen molar-refractivity contribution in [2.24, 2.45) is 22.7 Å². The molecule has 2 nitrogen and oxygen atoms in total. The van der Waals surface area contributed by atoms with Crippen LogP contribution in [0.2, 0.25) is 0 Å². The Morgan fingerprint density at radius 2 is 1.91 bits per heavy atom. The van der Waals surface area contributed by atoms with Crippen LogP contribution >= 0.6 is 0 Å². The van der Waals surface area contributed by atoms with E-state index in [1.807, 2.05) is 0 Å². The van der Waals surface area contributed by atoms with Crippen molar-refractivity contribution < 1.29 is 9.90 Å². The third-order valence-electron chi connectivity index (χ3n) is 6.69. The van der Waals surface area contributed by atoms with Gasteiger partial charge in [0.25, 0.3) is 0 Å². The lowest BCUT2D eigenvalue weighted by atomic mass is 9.49. The van der Waals surface area contributed by atoms with Crippen LogP contribution in [0.5, 0.6) is 0 Å².